The number of benzene rings is 1. The molecule has 0 radical (unpaired) electrons. The fourth-order valence-electron chi connectivity index (χ4n) is 2.84. The Labute approximate surface area is 153 Å². The summed E-state index contributed by atoms with van der Waals surface area (Å²) in [6.07, 6.45) is 0. The van der Waals surface area contributed by atoms with Crippen molar-refractivity contribution < 1.29 is 43.3 Å². The highest BCUT2D eigenvalue weighted by atomic mass is 19.1. The van der Waals surface area contributed by atoms with Gasteiger partial charge in [0.15, 0.2) is 0 Å². The van der Waals surface area contributed by atoms with Gasteiger partial charge in [-0.25, -0.2) is 4.39 Å². The first-order chi connectivity index (χ1) is 12.9. The van der Waals surface area contributed by atoms with Crippen molar-refractivity contribution in [2.24, 2.45) is 11.8 Å². The van der Waals surface area contributed by atoms with Crippen LogP contribution < -0.4 is 5.32 Å². The van der Waals surface area contributed by atoms with E-state index in [1.165, 1.54) is 12.1 Å². The zero-order chi connectivity index (χ0) is 20.0. The Kier molecular flexibility index (Phi) is 6.97. The van der Waals surface area contributed by atoms with Crippen LogP contribution in [0, 0.1) is 17.7 Å². The lowest BCUT2D eigenvalue weighted by atomic mass is 9.73. The average molecular weight is 383 g/mol. The van der Waals surface area contributed by atoms with E-state index in [1.807, 2.05) is 5.32 Å². The summed E-state index contributed by atoms with van der Waals surface area (Å²) in [6, 6.07) is 4.59. The second-order valence-corrected chi connectivity index (χ2v) is 5.67. The molecule has 1 aliphatic heterocycles. The number of aliphatic hydroxyl groups is 2. The fourth-order valence-corrected chi connectivity index (χ4v) is 2.84. The van der Waals surface area contributed by atoms with E-state index in [-0.39, 0.29) is 18.8 Å². The quantitative estimate of drug-likeness (QED) is 0.305. The summed E-state index contributed by atoms with van der Waals surface area (Å²) in [6.45, 7) is -1.73. The Hall–Kier alpha value is -2.85. The third-order valence-electron chi connectivity index (χ3n) is 3.96. The Morgan fingerprint density at radius 1 is 0.926 bits per heavy atom. The molecule has 10 heteroatoms. The molecule has 146 valence electrons. The van der Waals surface area contributed by atoms with Gasteiger partial charge in [-0.1, -0.05) is 12.1 Å². The molecule has 1 heterocycles. The molecule has 3 N–H and O–H groups in total. The second kappa shape index (κ2) is 9.19. The lowest BCUT2D eigenvalue weighted by Crippen LogP contribution is -2.56. The maximum atomic E-state index is 13.3. The van der Waals surface area contributed by atoms with Gasteiger partial charge in [0.2, 0.25) is 11.8 Å². The minimum absolute atomic E-state index is 0.177. The van der Waals surface area contributed by atoms with Crippen LogP contribution in [0.15, 0.2) is 24.3 Å². The van der Waals surface area contributed by atoms with Gasteiger partial charge in [-0.05, 0) is 17.7 Å². The van der Waals surface area contributed by atoms with Crippen molar-refractivity contribution in [3.05, 3.63) is 35.6 Å². The molecule has 0 aliphatic carbocycles. The number of carbonyl (C=O) groups excluding carboxylic acids is 4. The van der Waals surface area contributed by atoms with Gasteiger partial charge >= 0.3 is 11.9 Å². The molecule has 1 saturated heterocycles. The Morgan fingerprint density at radius 2 is 1.37 bits per heavy atom. The topological polar surface area (TPSA) is 139 Å². The van der Waals surface area contributed by atoms with Crippen molar-refractivity contribution in [2.45, 2.75) is 5.92 Å². The summed E-state index contributed by atoms with van der Waals surface area (Å²) in [7, 11) is 0. The summed E-state index contributed by atoms with van der Waals surface area (Å²) >= 11 is 0. The first-order valence-electron chi connectivity index (χ1n) is 8.05. The predicted octanol–water partition coefficient (Wildman–Crippen LogP) is -1.13. The number of ether oxygens (including phenoxy) is 2. The molecule has 2 rings (SSSR count). The molecule has 1 aromatic carbocycles. The van der Waals surface area contributed by atoms with E-state index in [4.69, 9.17) is 19.7 Å². The van der Waals surface area contributed by atoms with Crippen LogP contribution in [0.2, 0.25) is 0 Å². The van der Waals surface area contributed by atoms with Crippen molar-refractivity contribution in [3.8, 4) is 0 Å². The van der Waals surface area contributed by atoms with Crippen molar-refractivity contribution in [3.63, 3.8) is 0 Å². The number of carbonyl (C=O) groups is 4. The summed E-state index contributed by atoms with van der Waals surface area (Å²) in [5.41, 5.74) is 0.177. The van der Waals surface area contributed by atoms with E-state index in [2.05, 4.69) is 0 Å². The number of hydrogen-bond acceptors (Lipinski definition) is 8. The molecule has 3 atom stereocenters. The van der Waals surface area contributed by atoms with E-state index in [1.54, 1.807) is 0 Å². The van der Waals surface area contributed by atoms with Crippen LogP contribution in [0.3, 0.4) is 0 Å². The fraction of sp³-hybridized carbons (Fsp3) is 0.412. The average Bonchev–Trinajstić information content (AvgIpc) is 2.64. The van der Waals surface area contributed by atoms with E-state index < -0.39 is 60.5 Å². The largest absolute Gasteiger partial charge is 0.463 e. The number of esters is 2. The Bertz CT molecular complexity index is 682. The number of amides is 2. The first kappa shape index (κ1) is 20.5. The number of aliphatic hydroxyl groups excluding tert-OH is 2. The SMILES string of the molecule is O=C1NC(=O)[C@H](C(=O)OCCO)C(c2ccc(F)cc2)C1C(=O)OCCO. The number of piperidine rings is 1. The molecule has 1 aliphatic rings. The molecule has 9 nitrogen and oxygen atoms in total. The number of imide groups is 1. The minimum Gasteiger partial charge on any atom is -0.463 e. The smallest absolute Gasteiger partial charge is 0.319 e. The third kappa shape index (κ3) is 4.66. The van der Waals surface area contributed by atoms with Crippen molar-refractivity contribution in [2.75, 3.05) is 26.4 Å². The van der Waals surface area contributed by atoms with Gasteiger partial charge < -0.3 is 19.7 Å². The van der Waals surface area contributed by atoms with Gasteiger partial charge in [-0.15, -0.1) is 0 Å². The maximum absolute atomic E-state index is 13.3. The number of halogens is 1. The number of nitrogens with one attached hydrogen (secondary N) is 1. The summed E-state index contributed by atoms with van der Waals surface area (Å²) < 4.78 is 22.9. The molecule has 27 heavy (non-hydrogen) atoms. The van der Waals surface area contributed by atoms with Gasteiger partial charge in [-0.3, -0.25) is 24.5 Å². The van der Waals surface area contributed by atoms with Crippen molar-refractivity contribution in [1.29, 1.82) is 0 Å². The van der Waals surface area contributed by atoms with Crippen LogP contribution in [0.1, 0.15) is 11.5 Å². The zero-order valence-corrected chi connectivity index (χ0v) is 14.1. The van der Waals surface area contributed by atoms with Crippen LogP contribution in [0.4, 0.5) is 4.39 Å². The minimum atomic E-state index is -1.59. The second-order valence-electron chi connectivity index (χ2n) is 5.67. The molecule has 1 fully saturated rings. The molecular weight excluding hydrogens is 365 g/mol. The van der Waals surface area contributed by atoms with E-state index in [9.17, 15) is 23.6 Å². The standard InChI is InChI=1S/C17H18FNO8/c18-10-3-1-9(2-4-10)11-12(16(24)26-7-5-20)14(22)19-15(23)13(11)17(25)27-8-6-21/h1-4,11-13,20-21H,5-8H2,(H,19,22,23)/t11?,12-,13?/m1/s1. The van der Waals surface area contributed by atoms with Crippen LogP contribution in [0.25, 0.3) is 0 Å². The third-order valence-corrected chi connectivity index (χ3v) is 3.96. The van der Waals surface area contributed by atoms with E-state index in [0.29, 0.717) is 0 Å². The van der Waals surface area contributed by atoms with E-state index >= 15 is 0 Å². The summed E-state index contributed by atoms with van der Waals surface area (Å²) in [4.78, 5) is 49.2. The summed E-state index contributed by atoms with van der Waals surface area (Å²) in [5.74, 6) is -9.15. The zero-order valence-electron chi connectivity index (χ0n) is 14.1. The predicted molar refractivity (Wildman–Crippen MR) is 85.4 cm³/mol. The van der Waals surface area contributed by atoms with Gasteiger partial charge in [0.05, 0.1) is 13.2 Å². The molecule has 0 saturated carbocycles. The van der Waals surface area contributed by atoms with Gasteiger partial charge in [0.25, 0.3) is 0 Å². The van der Waals surface area contributed by atoms with Crippen molar-refractivity contribution in [1.82, 2.24) is 5.32 Å². The highest BCUT2D eigenvalue weighted by molar-refractivity contribution is 6.14. The van der Waals surface area contributed by atoms with Crippen LogP contribution in [0.5, 0.6) is 0 Å². The molecular formula is C17H18FNO8. The number of hydrogen-bond donors (Lipinski definition) is 3. The van der Waals surface area contributed by atoms with Gasteiger partial charge in [-0.2, -0.15) is 0 Å². The van der Waals surface area contributed by atoms with Gasteiger partial charge in [0, 0.05) is 5.92 Å². The maximum Gasteiger partial charge on any atom is 0.319 e. The van der Waals surface area contributed by atoms with Crippen molar-refractivity contribution >= 4 is 23.8 Å². The first-order valence-corrected chi connectivity index (χ1v) is 8.05. The monoisotopic (exact) mass is 383 g/mol. The number of rotatable bonds is 7. The lowest BCUT2D eigenvalue weighted by molar-refractivity contribution is -0.164. The molecule has 2 unspecified atom stereocenters. The van der Waals surface area contributed by atoms with Crippen LogP contribution >= 0.6 is 0 Å². The normalized spacial score (nSPS) is 22.1. The van der Waals surface area contributed by atoms with Gasteiger partial charge in [0.1, 0.15) is 30.9 Å². The lowest BCUT2D eigenvalue weighted by Gasteiger charge is -2.34. The summed E-state index contributed by atoms with van der Waals surface area (Å²) in [5, 5.41) is 19.5. The Morgan fingerprint density at radius 3 is 1.78 bits per heavy atom. The molecule has 1 aromatic rings. The molecule has 0 spiro atoms. The van der Waals surface area contributed by atoms with Crippen LogP contribution in [-0.2, 0) is 28.7 Å². The highest BCUT2D eigenvalue weighted by Gasteiger charge is 2.52. The molecule has 0 aromatic heterocycles. The van der Waals surface area contributed by atoms with E-state index in [0.717, 1.165) is 12.1 Å². The Balaban J connectivity index is 2.47. The molecule has 0 bridgehead atoms. The highest BCUT2D eigenvalue weighted by Crippen LogP contribution is 2.37. The molecule has 2 amide bonds. The van der Waals surface area contributed by atoms with Crippen LogP contribution in [-0.4, -0.2) is 60.4 Å².